The summed E-state index contributed by atoms with van der Waals surface area (Å²) in [5.41, 5.74) is 2.73. The van der Waals surface area contributed by atoms with Crippen LogP contribution in [0.1, 0.15) is 79.6 Å². The van der Waals surface area contributed by atoms with Crippen molar-refractivity contribution in [1.82, 2.24) is 9.88 Å². The van der Waals surface area contributed by atoms with Gasteiger partial charge in [-0.1, -0.05) is 38.3 Å². The zero-order valence-corrected chi connectivity index (χ0v) is 18.9. The van der Waals surface area contributed by atoms with Crippen molar-refractivity contribution in [2.45, 2.75) is 85.0 Å². The number of carbonyl (C=O) groups excluding carboxylic acids is 1. The van der Waals surface area contributed by atoms with Crippen molar-refractivity contribution in [3.05, 3.63) is 46.6 Å². The van der Waals surface area contributed by atoms with E-state index in [0.29, 0.717) is 17.0 Å². The summed E-state index contributed by atoms with van der Waals surface area (Å²) in [6.45, 7) is 8.46. The maximum atomic E-state index is 13.4. The molecule has 1 heterocycles. The number of hydrogen-bond donors (Lipinski definition) is 1. The van der Waals surface area contributed by atoms with Gasteiger partial charge in [0.2, 0.25) is 0 Å². The van der Waals surface area contributed by atoms with Crippen LogP contribution < -0.4 is 5.32 Å². The van der Waals surface area contributed by atoms with Crippen molar-refractivity contribution in [2.24, 2.45) is 5.92 Å². The molecule has 6 heteroatoms. The first-order chi connectivity index (χ1) is 14.6. The van der Waals surface area contributed by atoms with E-state index in [1.54, 1.807) is 6.07 Å². The van der Waals surface area contributed by atoms with Gasteiger partial charge in [-0.25, -0.2) is 0 Å². The van der Waals surface area contributed by atoms with E-state index in [9.17, 15) is 18.0 Å². The lowest BCUT2D eigenvalue weighted by Gasteiger charge is -2.24. The molecule has 1 saturated carbocycles. The Hall–Kier alpha value is -2.24. The number of alkyl halides is 3. The third-order valence-electron chi connectivity index (χ3n) is 6.61. The molecule has 1 aromatic heterocycles. The van der Waals surface area contributed by atoms with Crippen LogP contribution in [0.15, 0.2) is 24.3 Å². The fourth-order valence-electron chi connectivity index (χ4n) is 4.70. The highest BCUT2D eigenvalue weighted by atomic mass is 19.4. The smallest absolute Gasteiger partial charge is 0.350 e. The SMILES string of the molecule is CCC(C)NC(=O)c1c(C)c(-c2cccc(C(F)(F)F)c2)n(CC2CCCCC2)c1C. The fraction of sp³-hybridized carbons (Fsp3) is 0.560. The van der Waals surface area contributed by atoms with Gasteiger partial charge in [-0.05, 0) is 69.2 Å². The summed E-state index contributed by atoms with van der Waals surface area (Å²) in [5, 5.41) is 3.03. The first-order valence-corrected chi connectivity index (χ1v) is 11.3. The largest absolute Gasteiger partial charge is 0.416 e. The van der Waals surface area contributed by atoms with Crippen molar-refractivity contribution in [1.29, 1.82) is 0 Å². The Morgan fingerprint density at radius 2 is 1.87 bits per heavy atom. The predicted molar refractivity (Wildman–Crippen MR) is 118 cm³/mol. The summed E-state index contributed by atoms with van der Waals surface area (Å²) in [4.78, 5) is 13.1. The molecule has 1 aromatic carbocycles. The highest BCUT2D eigenvalue weighted by Crippen LogP contribution is 2.37. The van der Waals surface area contributed by atoms with E-state index in [0.717, 1.165) is 48.8 Å². The number of benzene rings is 1. The van der Waals surface area contributed by atoms with Crippen LogP contribution in [0.25, 0.3) is 11.3 Å². The molecule has 1 aliphatic rings. The van der Waals surface area contributed by atoms with Crippen molar-refractivity contribution in [2.75, 3.05) is 0 Å². The second-order valence-corrected chi connectivity index (χ2v) is 8.91. The maximum absolute atomic E-state index is 13.4. The van der Waals surface area contributed by atoms with E-state index >= 15 is 0 Å². The minimum Gasteiger partial charge on any atom is -0.350 e. The van der Waals surface area contributed by atoms with Gasteiger partial charge in [0.05, 0.1) is 16.8 Å². The lowest BCUT2D eigenvalue weighted by atomic mass is 9.89. The molecule has 170 valence electrons. The molecule has 2 aromatic rings. The molecular weight excluding hydrogens is 401 g/mol. The van der Waals surface area contributed by atoms with Crippen LogP contribution in [0.5, 0.6) is 0 Å². The third-order valence-corrected chi connectivity index (χ3v) is 6.61. The second-order valence-electron chi connectivity index (χ2n) is 8.91. The van der Waals surface area contributed by atoms with Gasteiger partial charge in [-0.2, -0.15) is 13.2 Å². The first kappa shape index (κ1) is 23.4. The number of halogens is 3. The molecule has 1 N–H and O–H groups in total. The molecule has 1 unspecified atom stereocenters. The molecular formula is C25H33F3N2O. The molecule has 1 amide bonds. The number of carbonyl (C=O) groups is 1. The van der Waals surface area contributed by atoms with Gasteiger partial charge < -0.3 is 9.88 Å². The predicted octanol–water partition coefficient (Wildman–Crippen LogP) is 6.90. The van der Waals surface area contributed by atoms with Crippen molar-refractivity contribution >= 4 is 5.91 Å². The molecule has 3 nitrogen and oxygen atoms in total. The molecule has 31 heavy (non-hydrogen) atoms. The van der Waals surface area contributed by atoms with Crippen LogP contribution in [0.2, 0.25) is 0 Å². The number of nitrogens with one attached hydrogen (secondary N) is 1. The number of hydrogen-bond acceptors (Lipinski definition) is 1. The van der Waals surface area contributed by atoms with Crippen LogP contribution in [-0.2, 0) is 12.7 Å². The van der Waals surface area contributed by atoms with Gasteiger partial charge in [0.1, 0.15) is 0 Å². The fourth-order valence-corrected chi connectivity index (χ4v) is 4.70. The van der Waals surface area contributed by atoms with Crippen LogP contribution in [0.3, 0.4) is 0 Å². The Kier molecular flexibility index (Phi) is 7.17. The van der Waals surface area contributed by atoms with Crippen molar-refractivity contribution in [3.63, 3.8) is 0 Å². The summed E-state index contributed by atoms with van der Waals surface area (Å²) in [6.07, 6.45) is 2.25. The van der Waals surface area contributed by atoms with Gasteiger partial charge in [0.25, 0.3) is 5.91 Å². The first-order valence-electron chi connectivity index (χ1n) is 11.3. The zero-order valence-electron chi connectivity index (χ0n) is 18.9. The van der Waals surface area contributed by atoms with E-state index in [4.69, 9.17) is 0 Å². The lowest BCUT2D eigenvalue weighted by Crippen LogP contribution is -2.32. The van der Waals surface area contributed by atoms with E-state index in [2.05, 4.69) is 9.88 Å². The quantitative estimate of drug-likeness (QED) is 0.527. The summed E-state index contributed by atoms with van der Waals surface area (Å²) >= 11 is 0. The average Bonchev–Trinajstić information content (AvgIpc) is 2.97. The van der Waals surface area contributed by atoms with Gasteiger partial charge in [-0.3, -0.25) is 4.79 Å². The highest BCUT2D eigenvalue weighted by Gasteiger charge is 2.32. The molecule has 0 radical (unpaired) electrons. The topological polar surface area (TPSA) is 34.0 Å². The van der Waals surface area contributed by atoms with Crippen LogP contribution in [0.4, 0.5) is 13.2 Å². The van der Waals surface area contributed by atoms with E-state index in [-0.39, 0.29) is 11.9 Å². The molecule has 0 spiro atoms. The minimum absolute atomic E-state index is 0.0324. The minimum atomic E-state index is -4.41. The monoisotopic (exact) mass is 434 g/mol. The summed E-state index contributed by atoms with van der Waals surface area (Å²) in [5.74, 6) is 0.328. The molecule has 1 fully saturated rings. The second kappa shape index (κ2) is 9.49. The molecule has 1 atom stereocenters. The van der Waals surface area contributed by atoms with Crippen molar-refractivity contribution in [3.8, 4) is 11.3 Å². The van der Waals surface area contributed by atoms with Gasteiger partial charge in [-0.15, -0.1) is 0 Å². The zero-order chi connectivity index (χ0) is 22.8. The Bertz CT molecular complexity index is 924. The standard InChI is InChI=1S/C25H33F3N2O/c1-5-16(2)29-24(31)22-17(3)23(20-12-9-13-21(14-20)25(26,27)28)30(18(22)4)15-19-10-7-6-8-11-19/h9,12-14,16,19H,5-8,10-11,15H2,1-4H3,(H,29,31). The van der Waals surface area contributed by atoms with Gasteiger partial charge in [0.15, 0.2) is 0 Å². The number of amides is 1. The summed E-state index contributed by atoms with van der Waals surface area (Å²) < 4.78 is 42.2. The summed E-state index contributed by atoms with van der Waals surface area (Å²) in [7, 11) is 0. The highest BCUT2D eigenvalue weighted by molar-refractivity contribution is 5.99. The van der Waals surface area contributed by atoms with E-state index < -0.39 is 11.7 Å². The van der Waals surface area contributed by atoms with Crippen LogP contribution >= 0.6 is 0 Å². The van der Waals surface area contributed by atoms with E-state index in [1.807, 2.05) is 27.7 Å². The molecule has 0 bridgehead atoms. The van der Waals surface area contributed by atoms with Gasteiger partial charge >= 0.3 is 6.18 Å². The third kappa shape index (κ3) is 5.16. The van der Waals surface area contributed by atoms with Crippen LogP contribution in [-0.4, -0.2) is 16.5 Å². The molecule has 0 saturated heterocycles. The van der Waals surface area contributed by atoms with Crippen molar-refractivity contribution < 1.29 is 18.0 Å². The number of nitrogens with zero attached hydrogens (tertiary/aromatic N) is 1. The molecule has 3 rings (SSSR count). The van der Waals surface area contributed by atoms with E-state index in [1.165, 1.54) is 31.4 Å². The maximum Gasteiger partial charge on any atom is 0.416 e. The van der Waals surface area contributed by atoms with Crippen LogP contribution in [0, 0.1) is 19.8 Å². The number of rotatable bonds is 6. The lowest BCUT2D eigenvalue weighted by molar-refractivity contribution is -0.137. The summed E-state index contributed by atoms with van der Waals surface area (Å²) in [6, 6.07) is 5.49. The Morgan fingerprint density at radius 1 is 1.19 bits per heavy atom. The molecule has 0 aliphatic heterocycles. The Morgan fingerprint density at radius 3 is 2.48 bits per heavy atom. The average molecular weight is 435 g/mol. The number of aromatic nitrogens is 1. The van der Waals surface area contributed by atoms with Gasteiger partial charge in [0, 0.05) is 18.3 Å². The Balaban J connectivity index is 2.11. The molecule has 1 aliphatic carbocycles. The Labute approximate surface area is 183 Å². The normalized spacial score (nSPS) is 16.4.